The molecule has 1 N–H and O–H groups in total. The summed E-state index contributed by atoms with van der Waals surface area (Å²) in [5.41, 5.74) is 6.53. The van der Waals surface area contributed by atoms with E-state index in [4.69, 9.17) is 16.3 Å². The van der Waals surface area contributed by atoms with E-state index < -0.39 is 0 Å². The lowest BCUT2D eigenvalue weighted by molar-refractivity contribution is 0.0955. The van der Waals surface area contributed by atoms with Gasteiger partial charge in [-0.05, 0) is 78.6 Å². The van der Waals surface area contributed by atoms with E-state index in [1.807, 2.05) is 26.0 Å². The molecule has 4 nitrogen and oxygen atoms in total. The number of benzene rings is 3. The van der Waals surface area contributed by atoms with Crippen LogP contribution in [0.15, 0.2) is 65.8 Å². The molecule has 1 amide bonds. The van der Waals surface area contributed by atoms with E-state index in [2.05, 4.69) is 10.5 Å². The fourth-order valence-corrected chi connectivity index (χ4v) is 3.07. The predicted molar refractivity (Wildman–Crippen MR) is 113 cm³/mol. The third-order valence-electron chi connectivity index (χ3n) is 4.25. The summed E-state index contributed by atoms with van der Waals surface area (Å²) in [5.74, 6) is 0.165. The lowest BCUT2D eigenvalue weighted by Crippen LogP contribution is -2.17. The number of carbonyl (C=O) groups excluding carboxylic acids is 1. The molecule has 0 fully saturated rings. The largest absolute Gasteiger partial charge is 0.488 e. The van der Waals surface area contributed by atoms with E-state index in [1.54, 1.807) is 42.6 Å². The number of aryl methyl sites for hydroxylation is 2. The molecule has 3 rings (SSSR count). The Hall–Kier alpha value is -3.18. The summed E-state index contributed by atoms with van der Waals surface area (Å²) in [6.45, 7) is 4.23. The highest BCUT2D eigenvalue weighted by atomic mass is 35.5. The van der Waals surface area contributed by atoms with Gasteiger partial charge in [0.15, 0.2) is 0 Å². The first-order chi connectivity index (χ1) is 13.9. The minimum atomic E-state index is -0.337. The lowest BCUT2D eigenvalue weighted by atomic mass is 10.1. The Morgan fingerprint density at radius 2 is 1.79 bits per heavy atom. The summed E-state index contributed by atoms with van der Waals surface area (Å²) in [6, 6.07) is 16.7. The molecule has 0 saturated heterocycles. The SMILES string of the molecule is Cc1cc(/C=N\NC(=O)c2cccc(Cl)c2)cc(C)c1OCc1ccc(F)cc1. The second-order valence-electron chi connectivity index (χ2n) is 6.61. The van der Waals surface area contributed by atoms with Gasteiger partial charge in [-0.15, -0.1) is 0 Å². The van der Waals surface area contributed by atoms with Crippen molar-refractivity contribution in [1.82, 2.24) is 5.43 Å². The fraction of sp³-hybridized carbons (Fsp3) is 0.130. The van der Waals surface area contributed by atoms with E-state index in [9.17, 15) is 9.18 Å². The third kappa shape index (κ3) is 5.65. The van der Waals surface area contributed by atoms with Crippen LogP contribution in [0, 0.1) is 19.7 Å². The Morgan fingerprint density at radius 1 is 1.10 bits per heavy atom. The summed E-state index contributed by atoms with van der Waals surface area (Å²) in [6.07, 6.45) is 1.58. The second kappa shape index (κ2) is 9.34. The summed E-state index contributed by atoms with van der Waals surface area (Å²) in [4.78, 5) is 12.1. The van der Waals surface area contributed by atoms with E-state index >= 15 is 0 Å². The van der Waals surface area contributed by atoms with Crippen molar-refractivity contribution >= 4 is 23.7 Å². The first-order valence-corrected chi connectivity index (χ1v) is 9.37. The number of carbonyl (C=O) groups is 1. The molecule has 29 heavy (non-hydrogen) atoms. The maximum Gasteiger partial charge on any atom is 0.271 e. The van der Waals surface area contributed by atoms with Gasteiger partial charge >= 0.3 is 0 Å². The van der Waals surface area contributed by atoms with Crippen LogP contribution >= 0.6 is 11.6 Å². The molecule has 0 unspecified atom stereocenters. The van der Waals surface area contributed by atoms with Crippen LogP contribution in [0.5, 0.6) is 5.75 Å². The highest BCUT2D eigenvalue weighted by molar-refractivity contribution is 6.30. The number of nitrogens with zero attached hydrogens (tertiary/aromatic N) is 1. The van der Waals surface area contributed by atoms with Crippen LogP contribution in [0.2, 0.25) is 5.02 Å². The van der Waals surface area contributed by atoms with Gasteiger partial charge in [-0.2, -0.15) is 5.10 Å². The van der Waals surface area contributed by atoms with Gasteiger partial charge in [0.05, 0.1) is 6.21 Å². The van der Waals surface area contributed by atoms with Crippen LogP contribution in [0.3, 0.4) is 0 Å². The quantitative estimate of drug-likeness (QED) is 0.434. The summed E-state index contributed by atoms with van der Waals surface area (Å²) >= 11 is 5.89. The average molecular weight is 411 g/mol. The van der Waals surface area contributed by atoms with E-state index in [-0.39, 0.29) is 11.7 Å². The molecular formula is C23H20ClFN2O2. The van der Waals surface area contributed by atoms with Crippen molar-refractivity contribution in [2.45, 2.75) is 20.5 Å². The van der Waals surface area contributed by atoms with Gasteiger partial charge in [0, 0.05) is 10.6 Å². The van der Waals surface area contributed by atoms with Crippen LogP contribution < -0.4 is 10.2 Å². The Labute approximate surface area is 174 Å². The number of nitrogens with one attached hydrogen (secondary N) is 1. The van der Waals surface area contributed by atoms with Gasteiger partial charge in [-0.1, -0.05) is 29.8 Å². The van der Waals surface area contributed by atoms with Gasteiger partial charge < -0.3 is 4.74 Å². The summed E-state index contributed by atoms with van der Waals surface area (Å²) in [5, 5.41) is 4.51. The molecule has 0 aromatic heterocycles. The minimum absolute atomic E-state index is 0.271. The molecule has 0 radical (unpaired) electrons. The molecule has 6 heteroatoms. The first-order valence-electron chi connectivity index (χ1n) is 9.00. The number of rotatable bonds is 6. The maximum absolute atomic E-state index is 13.0. The van der Waals surface area contributed by atoms with Crippen molar-refractivity contribution < 1.29 is 13.9 Å². The summed E-state index contributed by atoms with van der Waals surface area (Å²) < 4.78 is 18.9. The van der Waals surface area contributed by atoms with Crippen molar-refractivity contribution in [2.24, 2.45) is 5.10 Å². The molecular weight excluding hydrogens is 391 g/mol. The normalized spacial score (nSPS) is 10.9. The van der Waals surface area contributed by atoms with Gasteiger partial charge in [-0.25, -0.2) is 9.82 Å². The molecule has 0 aliphatic rings. The molecule has 0 heterocycles. The molecule has 0 saturated carbocycles. The zero-order valence-electron chi connectivity index (χ0n) is 16.1. The number of halogens is 2. The zero-order valence-corrected chi connectivity index (χ0v) is 16.8. The second-order valence-corrected chi connectivity index (χ2v) is 7.04. The van der Waals surface area contributed by atoms with Gasteiger partial charge in [0.25, 0.3) is 5.91 Å². The number of ether oxygens (including phenoxy) is 1. The molecule has 3 aromatic rings. The Bertz CT molecular complexity index is 1030. The van der Waals surface area contributed by atoms with Gasteiger partial charge in [0.2, 0.25) is 0 Å². The molecule has 0 spiro atoms. The molecule has 0 bridgehead atoms. The molecule has 3 aromatic carbocycles. The van der Waals surface area contributed by atoms with Gasteiger partial charge in [-0.3, -0.25) is 4.79 Å². The Morgan fingerprint density at radius 3 is 2.45 bits per heavy atom. The van der Waals surface area contributed by atoms with Gasteiger partial charge in [0.1, 0.15) is 18.2 Å². The number of amides is 1. The van der Waals surface area contributed by atoms with Crippen molar-refractivity contribution in [3.05, 3.63) is 99.3 Å². The first kappa shape index (κ1) is 20.6. The predicted octanol–water partition coefficient (Wildman–Crippen LogP) is 5.44. The molecule has 0 aliphatic carbocycles. The number of hydrogen-bond donors (Lipinski definition) is 1. The Balaban J connectivity index is 1.64. The third-order valence-corrected chi connectivity index (χ3v) is 4.48. The van der Waals surface area contributed by atoms with Crippen LogP contribution in [0.4, 0.5) is 4.39 Å². The van der Waals surface area contributed by atoms with Crippen LogP contribution in [0.25, 0.3) is 0 Å². The molecule has 0 atom stereocenters. The highest BCUT2D eigenvalue weighted by Gasteiger charge is 2.07. The topological polar surface area (TPSA) is 50.7 Å². The average Bonchev–Trinajstić information content (AvgIpc) is 2.68. The molecule has 0 aliphatic heterocycles. The van der Waals surface area contributed by atoms with E-state index in [0.29, 0.717) is 17.2 Å². The Kier molecular flexibility index (Phi) is 6.62. The monoisotopic (exact) mass is 410 g/mol. The standard InChI is InChI=1S/C23H20ClFN2O2/c1-15-10-18(13-26-27-23(28)19-4-3-5-20(24)12-19)11-16(2)22(15)29-14-17-6-8-21(25)9-7-17/h3-13H,14H2,1-2H3,(H,27,28)/b26-13-. The van der Waals surface area contributed by atoms with Crippen molar-refractivity contribution in [3.8, 4) is 5.75 Å². The maximum atomic E-state index is 13.0. The van der Waals surface area contributed by atoms with E-state index in [1.165, 1.54) is 12.1 Å². The lowest BCUT2D eigenvalue weighted by Gasteiger charge is -2.13. The highest BCUT2D eigenvalue weighted by Crippen LogP contribution is 2.25. The van der Waals surface area contributed by atoms with Crippen molar-refractivity contribution in [2.75, 3.05) is 0 Å². The van der Waals surface area contributed by atoms with Crippen LogP contribution in [0.1, 0.15) is 32.6 Å². The van der Waals surface area contributed by atoms with Crippen molar-refractivity contribution in [1.29, 1.82) is 0 Å². The minimum Gasteiger partial charge on any atom is -0.488 e. The molecule has 148 valence electrons. The zero-order chi connectivity index (χ0) is 20.8. The van der Waals surface area contributed by atoms with Crippen molar-refractivity contribution in [3.63, 3.8) is 0 Å². The number of hydrogen-bond acceptors (Lipinski definition) is 3. The smallest absolute Gasteiger partial charge is 0.271 e. The van der Waals surface area contributed by atoms with Crippen LogP contribution in [-0.4, -0.2) is 12.1 Å². The summed E-state index contributed by atoms with van der Waals surface area (Å²) in [7, 11) is 0. The number of hydrazone groups is 1. The van der Waals surface area contributed by atoms with Crippen LogP contribution in [-0.2, 0) is 6.61 Å². The fourth-order valence-electron chi connectivity index (χ4n) is 2.88. The van der Waals surface area contributed by atoms with E-state index in [0.717, 1.165) is 28.0 Å².